The Morgan fingerprint density at radius 1 is 0.976 bits per heavy atom. The number of carbonyl (C=O) groups excluding carboxylic acids is 2. The van der Waals surface area contributed by atoms with Gasteiger partial charge in [0.15, 0.2) is 5.82 Å². The van der Waals surface area contributed by atoms with Crippen molar-refractivity contribution in [1.29, 1.82) is 0 Å². The van der Waals surface area contributed by atoms with Gasteiger partial charge in [-0.25, -0.2) is 9.78 Å². The smallest absolute Gasteiger partial charge is 0.407 e. The van der Waals surface area contributed by atoms with Gasteiger partial charge in [-0.2, -0.15) is 0 Å². The molecule has 0 bridgehead atoms. The first-order chi connectivity index (χ1) is 20.2. The van der Waals surface area contributed by atoms with E-state index in [2.05, 4.69) is 69.0 Å². The Morgan fingerprint density at radius 3 is 2.52 bits per heavy atom. The number of amides is 2. The van der Waals surface area contributed by atoms with E-state index in [9.17, 15) is 9.59 Å². The quantitative estimate of drug-likeness (QED) is 0.269. The molecule has 2 amide bonds. The molecule has 0 aliphatic carbocycles. The van der Waals surface area contributed by atoms with E-state index in [-0.39, 0.29) is 11.9 Å². The molecule has 216 valence electrons. The zero-order valence-electron chi connectivity index (χ0n) is 24.6. The number of alkyl carbamates (subject to hydrolysis) is 1. The highest BCUT2D eigenvalue weighted by Gasteiger charge is 2.28. The molecule has 8 heteroatoms. The van der Waals surface area contributed by atoms with Gasteiger partial charge in [0, 0.05) is 49.2 Å². The van der Waals surface area contributed by atoms with Gasteiger partial charge in [-0.3, -0.25) is 4.79 Å². The third-order valence-electron chi connectivity index (χ3n) is 7.78. The number of fused-ring (bicyclic) bond motifs is 2. The van der Waals surface area contributed by atoms with E-state index < -0.39 is 11.7 Å². The largest absolute Gasteiger partial charge is 0.444 e. The maximum Gasteiger partial charge on any atom is 0.407 e. The number of aryl methyl sites for hydroxylation is 1. The van der Waals surface area contributed by atoms with Crippen molar-refractivity contribution in [3.63, 3.8) is 0 Å². The van der Waals surface area contributed by atoms with Crippen molar-refractivity contribution in [2.45, 2.75) is 51.8 Å². The lowest BCUT2D eigenvalue weighted by atomic mass is 10.0. The second kappa shape index (κ2) is 11.0. The van der Waals surface area contributed by atoms with Gasteiger partial charge >= 0.3 is 6.09 Å². The van der Waals surface area contributed by atoms with Gasteiger partial charge in [0.1, 0.15) is 5.60 Å². The topological polar surface area (TPSA) is 81.4 Å². The number of likely N-dealkylation sites (tertiary alicyclic amines) is 1. The average Bonchev–Trinajstić information content (AvgIpc) is 3.49. The van der Waals surface area contributed by atoms with Gasteiger partial charge in [-0.1, -0.05) is 48.5 Å². The zero-order chi connectivity index (χ0) is 29.4. The number of ether oxygens (including phenoxy) is 1. The van der Waals surface area contributed by atoms with Crippen molar-refractivity contribution in [1.82, 2.24) is 24.3 Å². The molecule has 5 aromatic rings. The van der Waals surface area contributed by atoms with Crippen LogP contribution in [0, 0.1) is 0 Å². The summed E-state index contributed by atoms with van der Waals surface area (Å²) in [5.74, 6) is 0.791. The van der Waals surface area contributed by atoms with E-state index in [1.54, 1.807) is 0 Å². The van der Waals surface area contributed by atoms with E-state index in [0.29, 0.717) is 18.7 Å². The summed E-state index contributed by atoms with van der Waals surface area (Å²) in [6.07, 6.45) is 1.17. The van der Waals surface area contributed by atoms with Crippen molar-refractivity contribution in [3.8, 4) is 11.5 Å². The number of hydrogen-bond donors (Lipinski definition) is 1. The SMILES string of the molecule is Cn1c(-c2cc3ccccc3n2Cc2ccccc2)nc2cc(C(=O)N3CCC[C@@H](NC(=O)OC(C)(C)C)C3)ccc21. The molecule has 1 aliphatic rings. The van der Waals surface area contributed by atoms with Gasteiger partial charge in [0.05, 0.1) is 16.7 Å². The normalized spacial score (nSPS) is 15.7. The second-order valence-electron chi connectivity index (χ2n) is 12.1. The fourth-order valence-electron chi connectivity index (χ4n) is 5.83. The van der Waals surface area contributed by atoms with Crippen LogP contribution in [0.25, 0.3) is 33.5 Å². The molecular weight excluding hydrogens is 526 g/mol. The number of nitrogens with zero attached hydrogens (tertiary/aromatic N) is 4. The predicted octanol–water partition coefficient (Wildman–Crippen LogP) is 6.37. The van der Waals surface area contributed by atoms with Crippen LogP contribution in [0.5, 0.6) is 0 Å². The van der Waals surface area contributed by atoms with Crippen LogP contribution in [-0.4, -0.2) is 55.8 Å². The van der Waals surface area contributed by atoms with Crippen LogP contribution in [0.15, 0.2) is 78.9 Å². The van der Waals surface area contributed by atoms with Crippen LogP contribution in [0.2, 0.25) is 0 Å². The molecule has 2 aromatic heterocycles. The summed E-state index contributed by atoms with van der Waals surface area (Å²) < 4.78 is 9.82. The molecule has 1 fully saturated rings. The molecule has 0 unspecified atom stereocenters. The minimum atomic E-state index is -0.568. The van der Waals surface area contributed by atoms with Crippen molar-refractivity contribution < 1.29 is 14.3 Å². The standard InChI is InChI=1S/C34H37N5O3/c1-34(2,3)42-33(41)35-26-14-10-18-38(22-26)32(40)25-16-17-29-27(19-25)36-31(37(29)4)30-20-24-13-8-9-15-28(24)39(30)21-23-11-6-5-7-12-23/h5-9,11-13,15-17,19-20,26H,10,14,18,21-22H2,1-4H3,(H,35,41)/t26-/m1/s1. The van der Waals surface area contributed by atoms with Crippen molar-refractivity contribution in [3.05, 3.63) is 90.0 Å². The highest BCUT2D eigenvalue weighted by Crippen LogP contribution is 2.31. The van der Waals surface area contributed by atoms with Crippen LogP contribution < -0.4 is 5.32 Å². The summed E-state index contributed by atoms with van der Waals surface area (Å²) in [4.78, 5) is 32.8. The molecule has 0 saturated carbocycles. The van der Waals surface area contributed by atoms with Crippen LogP contribution >= 0.6 is 0 Å². The fourth-order valence-corrected chi connectivity index (χ4v) is 5.83. The lowest BCUT2D eigenvalue weighted by Gasteiger charge is -2.33. The number of imidazole rings is 1. The Labute approximate surface area is 245 Å². The first-order valence-electron chi connectivity index (χ1n) is 14.5. The molecule has 8 nitrogen and oxygen atoms in total. The number of para-hydroxylation sites is 1. The maximum atomic E-state index is 13.6. The van der Waals surface area contributed by atoms with E-state index in [4.69, 9.17) is 9.72 Å². The number of benzene rings is 3. The molecule has 1 saturated heterocycles. The lowest BCUT2D eigenvalue weighted by molar-refractivity contribution is 0.0452. The number of hydrogen-bond acceptors (Lipinski definition) is 4. The molecule has 1 atom stereocenters. The van der Waals surface area contributed by atoms with Crippen LogP contribution in [-0.2, 0) is 18.3 Å². The monoisotopic (exact) mass is 563 g/mol. The van der Waals surface area contributed by atoms with E-state index >= 15 is 0 Å². The van der Waals surface area contributed by atoms with Gasteiger partial charge in [-0.15, -0.1) is 0 Å². The number of carbonyl (C=O) groups is 2. The second-order valence-corrected chi connectivity index (χ2v) is 12.1. The minimum Gasteiger partial charge on any atom is -0.444 e. The molecule has 1 aliphatic heterocycles. The predicted molar refractivity (Wildman–Crippen MR) is 165 cm³/mol. The van der Waals surface area contributed by atoms with Crippen molar-refractivity contribution in [2.24, 2.45) is 7.05 Å². The first-order valence-corrected chi connectivity index (χ1v) is 14.5. The number of aromatic nitrogens is 3. The zero-order valence-corrected chi connectivity index (χ0v) is 24.6. The number of rotatable bonds is 5. The molecule has 6 rings (SSSR count). The van der Waals surface area contributed by atoms with Gasteiger partial charge in [-0.05, 0) is 69.5 Å². The molecule has 42 heavy (non-hydrogen) atoms. The van der Waals surface area contributed by atoms with E-state index in [1.165, 1.54) is 5.56 Å². The van der Waals surface area contributed by atoms with Crippen LogP contribution in [0.1, 0.15) is 49.5 Å². The van der Waals surface area contributed by atoms with Crippen LogP contribution in [0.4, 0.5) is 4.79 Å². The third kappa shape index (κ3) is 5.62. The number of nitrogens with one attached hydrogen (secondary N) is 1. The molecule has 0 radical (unpaired) electrons. The highest BCUT2D eigenvalue weighted by atomic mass is 16.6. The molecule has 3 heterocycles. The molecule has 0 spiro atoms. The highest BCUT2D eigenvalue weighted by molar-refractivity contribution is 5.98. The minimum absolute atomic E-state index is 0.0574. The first kappa shape index (κ1) is 27.6. The summed E-state index contributed by atoms with van der Waals surface area (Å²) >= 11 is 0. The van der Waals surface area contributed by atoms with E-state index in [0.717, 1.165) is 52.8 Å². The molecule has 3 aromatic carbocycles. The molecule has 1 N–H and O–H groups in total. The Bertz CT molecular complexity index is 1760. The summed E-state index contributed by atoms with van der Waals surface area (Å²) in [5, 5.41) is 4.09. The molecular formula is C34H37N5O3. The number of piperidine rings is 1. The lowest BCUT2D eigenvalue weighted by Crippen LogP contribution is -2.50. The fraction of sp³-hybridized carbons (Fsp3) is 0.324. The van der Waals surface area contributed by atoms with Gasteiger partial charge < -0.3 is 24.1 Å². The summed E-state index contributed by atoms with van der Waals surface area (Å²) in [6.45, 7) is 7.34. The Balaban J connectivity index is 1.28. The van der Waals surface area contributed by atoms with Crippen molar-refractivity contribution >= 4 is 33.9 Å². The van der Waals surface area contributed by atoms with Gasteiger partial charge in [0.2, 0.25) is 0 Å². The van der Waals surface area contributed by atoms with Crippen LogP contribution in [0.3, 0.4) is 0 Å². The summed E-state index contributed by atoms with van der Waals surface area (Å²) in [7, 11) is 2.02. The summed E-state index contributed by atoms with van der Waals surface area (Å²) in [6, 6.07) is 26.6. The Kier molecular flexibility index (Phi) is 7.22. The summed E-state index contributed by atoms with van der Waals surface area (Å²) in [5.41, 5.74) is 5.15. The maximum absolute atomic E-state index is 13.6. The third-order valence-corrected chi connectivity index (χ3v) is 7.78. The van der Waals surface area contributed by atoms with Gasteiger partial charge in [0.25, 0.3) is 5.91 Å². The van der Waals surface area contributed by atoms with Crippen molar-refractivity contribution in [2.75, 3.05) is 13.1 Å². The van der Waals surface area contributed by atoms with E-state index in [1.807, 2.05) is 57.0 Å². The Hall–Kier alpha value is -4.59. The average molecular weight is 564 g/mol. The Morgan fingerprint density at radius 2 is 1.74 bits per heavy atom.